The number of anilines is 1. The standard InChI is InChI=1S/C25H24BrClN2O6S/c1-2-34-24(30)14-17-6-10-20(11-7-17)28-25(31)23(16-35-21-5-3-4-19(27)15-21)29-36(32,33)22-12-8-18(26)9-13-22/h3-13,15,23,29H,2,14,16H2,1H3,(H,28,31). The van der Waals surface area contributed by atoms with Crippen LogP contribution < -0.4 is 14.8 Å². The topological polar surface area (TPSA) is 111 Å². The molecule has 0 saturated heterocycles. The van der Waals surface area contributed by atoms with Gasteiger partial charge in [-0.2, -0.15) is 4.72 Å². The molecule has 0 aliphatic heterocycles. The molecule has 0 aromatic heterocycles. The van der Waals surface area contributed by atoms with E-state index in [0.29, 0.717) is 33.1 Å². The summed E-state index contributed by atoms with van der Waals surface area (Å²) in [7, 11) is -4.04. The first-order valence-electron chi connectivity index (χ1n) is 10.9. The minimum Gasteiger partial charge on any atom is -0.491 e. The first kappa shape index (κ1) is 27.7. The summed E-state index contributed by atoms with van der Waals surface area (Å²) in [6.45, 7) is 1.73. The quantitative estimate of drug-likeness (QED) is 0.314. The monoisotopic (exact) mass is 594 g/mol. The lowest BCUT2D eigenvalue weighted by atomic mass is 10.1. The molecule has 0 spiro atoms. The van der Waals surface area contributed by atoms with E-state index in [4.69, 9.17) is 21.1 Å². The van der Waals surface area contributed by atoms with E-state index >= 15 is 0 Å². The maximum atomic E-state index is 13.1. The Kier molecular flexibility index (Phi) is 9.89. The molecule has 2 N–H and O–H groups in total. The normalized spacial score (nSPS) is 12.0. The van der Waals surface area contributed by atoms with E-state index in [1.165, 1.54) is 12.1 Å². The minimum absolute atomic E-state index is 0.00502. The number of halogens is 2. The summed E-state index contributed by atoms with van der Waals surface area (Å²) in [4.78, 5) is 24.7. The lowest BCUT2D eigenvalue weighted by Crippen LogP contribution is -2.47. The van der Waals surface area contributed by atoms with Crippen LogP contribution in [-0.4, -0.2) is 39.5 Å². The summed E-state index contributed by atoms with van der Waals surface area (Å²) in [5, 5.41) is 3.12. The van der Waals surface area contributed by atoms with Gasteiger partial charge in [-0.1, -0.05) is 45.7 Å². The molecule has 0 saturated carbocycles. The van der Waals surface area contributed by atoms with Gasteiger partial charge in [0.1, 0.15) is 18.4 Å². The maximum absolute atomic E-state index is 13.1. The van der Waals surface area contributed by atoms with E-state index in [1.54, 1.807) is 67.6 Å². The van der Waals surface area contributed by atoms with Crippen molar-refractivity contribution < 1.29 is 27.5 Å². The molecule has 0 radical (unpaired) electrons. The molecule has 0 aliphatic carbocycles. The van der Waals surface area contributed by atoms with Crippen LogP contribution in [-0.2, 0) is 30.8 Å². The Morgan fingerprint density at radius 1 is 1.03 bits per heavy atom. The van der Waals surface area contributed by atoms with Crippen molar-refractivity contribution in [3.05, 3.63) is 87.9 Å². The van der Waals surface area contributed by atoms with Gasteiger partial charge >= 0.3 is 5.97 Å². The van der Waals surface area contributed by atoms with E-state index in [2.05, 4.69) is 26.0 Å². The first-order chi connectivity index (χ1) is 17.2. The number of esters is 1. The Morgan fingerprint density at radius 3 is 2.36 bits per heavy atom. The predicted molar refractivity (Wildman–Crippen MR) is 141 cm³/mol. The molecule has 0 fully saturated rings. The zero-order chi connectivity index (χ0) is 26.1. The second-order valence-electron chi connectivity index (χ2n) is 7.56. The van der Waals surface area contributed by atoms with Crippen molar-refractivity contribution >= 4 is 55.1 Å². The van der Waals surface area contributed by atoms with Crippen molar-refractivity contribution in [2.75, 3.05) is 18.5 Å². The average Bonchev–Trinajstić information content (AvgIpc) is 2.83. The van der Waals surface area contributed by atoms with Gasteiger partial charge in [0.15, 0.2) is 0 Å². The van der Waals surface area contributed by atoms with Crippen LogP contribution in [0.4, 0.5) is 5.69 Å². The van der Waals surface area contributed by atoms with Gasteiger partial charge in [0, 0.05) is 15.2 Å². The number of ether oxygens (including phenoxy) is 2. The number of amides is 1. The molecule has 1 atom stereocenters. The molecule has 36 heavy (non-hydrogen) atoms. The van der Waals surface area contributed by atoms with Crippen LogP contribution >= 0.6 is 27.5 Å². The summed E-state index contributed by atoms with van der Waals surface area (Å²) < 4.78 is 39.6. The lowest BCUT2D eigenvalue weighted by Gasteiger charge is -2.19. The van der Waals surface area contributed by atoms with Gasteiger partial charge in [0.05, 0.1) is 17.9 Å². The number of nitrogens with one attached hydrogen (secondary N) is 2. The van der Waals surface area contributed by atoms with Crippen molar-refractivity contribution in [2.24, 2.45) is 0 Å². The van der Waals surface area contributed by atoms with Crippen molar-refractivity contribution in [3.8, 4) is 5.75 Å². The van der Waals surface area contributed by atoms with E-state index in [9.17, 15) is 18.0 Å². The number of hydrogen-bond acceptors (Lipinski definition) is 6. The van der Waals surface area contributed by atoms with Crippen LogP contribution in [0.15, 0.2) is 82.2 Å². The van der Waals surface area contributed by atoms with Gasteiger partial charge in [0.2, 0.25) is 15.9 Å². The van der Waals surface area contributed by atoms with E-state index in [0.717, 1.165) is 0 Å². The molecule has 0 aliphatic rings. The molecule has 3 rings (SSSR count). The Balaban J connectivity index is 1.75. The lowest BCUT2D eigenvalue weighted by molar-refractivity contribution is -0.142. The first-order valence-corrected chi connectivity index (χ1v) is 13.5. The Morgan fingerprint density at radius 2 is 1.72 bits per heavy atom. The third-order valence-corrected chi connectivity index (χ3v) is 7.08. The molecule has 1 unspecified atom stereocenters. The van der Waals surface area contributed by atoms with Gasteiger partial charge in [-0.05, 0) is 67.1 Å². The van der Waals surface area contributed by atoms with E-state index in [-0.39, 0.29) is 23.9 Å². The second-order valence-corrected chi connectivity index (χ2v) is 10.6. The summed E-state index contributed by atoms with van der Waals surface area (Å²) in [5.41, 5.74) is 1.13. The maximum Gasteiger partial charge on any atom is 0.310 e. The molecule has 0 heterocycles. The SMILES string of the molecule is CCOC(=O)Cc1ccc(NC(=O)C(COc2cccc(Cl)c2)NS(=O)(=O)c2ccc(Br)cc2)cc1. The van der Waals surface area contributed by atoms with Crippen LogP contribution in [0.2, 0.25) is 5.02 Å². The van der Waals surface area contributed by atoms with E-state index < -0.39 is 22.0 Å². The fourth-order valence-corrected chi connectivity index (χ4v) is 4.71. The molecule has 0 bridgehead atoms. The number of hydrogen-bond donors (Lipinski definition) is 2. The van der Waals surface area contributed by atoms with Crippen LogP contribution in [0.1, 0.15) is 12.5 Å². The molecular weight excluding hydrogens is 572 g/mol. The molecule has 190 valence electrons. The fraction of sp³-hybridized carbons (Fsp3) is 0.200. The van der Waals surface area contributed by atoms with Gasteiger partial charge < -0.3 is 14.8 Å². The Labute approximate surface area is 223 Å². The predicted octanol–water partition coefficient (Wildman–Crippen LogP) is 4.57. The van der Waals surface area contributed by atoms with Crippen molar-refractivity contribution in [1.82, 2.24) is 4.72 Å². The van der Waals surface area contributed by atoms with Crippen LogP contribution in [0.5, 0.6) is 5.75 Å². The number of carbonyl (C=O) groups excluding carboxylic acids is 2. The van der Waals surface area contributed by atoms with Crippen LogP contribution in [0.25, 0.3) is 0 Å². The molecule has 11 heteroatoms. The Bertz CT molecular complexity index is 1300. The number of sulfonamides is 1. The van der Waals surface area contributed by atoms with Gasteiger partial charge in [-0.25, -0.2) is 8.42 Å². The van der Waals surface area contributed by atoms with Crippen molar-refractivity contribution in [3.63, 3.8) is 0 Å². The Hall–Kier alpha value is -2.92. The largest absolute Gasteiger partial charge is 0.491 e. The number of benzene rings is 3. The molecule has 3 aromatic carbocycles. The van der Waals surface area contributed by atoms with E-state index in [1.807, 2.05) is 0 Å². The third kappa shape index (κ3) is 8.34. The highest BCUT2D eigenvalue weighted by Gasteiger charge is 2.27. The van der Waals surface area contributed by atoms with Crippen molar-refractivity contribution in [1.29, 1.82) is 0 Å². The van der Waals surface area contributed by atoms with Gasteiger partial charge in [-0.15, -0.1) is 0 Å². The summed E-state index contributed by atoms with van der Waals surface area (Å²) in [5.74, 6) is -0.600. The molecule has 3 aromatic rings. The zero-order valence-electron chi connectivity index (χ0n) is 19.2. The van der Waals surface area contributed by atoms with Crippen molar-refractivity contribution in [2.45, 2.75) is 24.3 Å². The molecular formula is C25H24BrClN2O6S. The highest BCUT2D eigenvalue weighted by molar-refractivity contribution is 9.10. The minimum atomic E-state index is -4.04. The summed E-state index contributed by atoms with van der Waals surface area (Å²) in [6.07, 6.45) is 0.102. The third-order valence-electron chi connectivity index (χ3n) is 4.83. The fourth-order valence-electron chi connectivity index (χ4n) is 3.08. The van der Waals surface area contributed by atoms with Crippen LogP contribution in [0, 0.1) is 0 Å². The van der Waals surface area contributed by atoms with Gasteiger partial charge in [-0.3, -0.25) is 9.59 Å². The second kappa shape index (κ2) is 12.9. The molecule has 1 amide bonds. The number of rotatable bonds is 11. The zero-order valence-corrected chi connectivity index (χ0v) is 22.4. The smallest absolute Gasteiger partial charge is 0.310 e. The van der Waals surface area contributed by atoms with Gasteiger partial charge in [0.25, 0.3) is 0 Å². The summed E-state index contributed by atoms with van der Waals surface area (Å²) in [6, 6.07) is 17.9. The summed E-state index contributed by atoms with van der Waals surface area (Å²) >= 11 is 9.26. The highest BCUT2D eigenvalue weighted by atomic mass is 79.9. The molecule has 8 nitrogen and oxygen atoms in total. The average molecular weight is 596 g/mol. The number of carbonyl (C=O) groups is 2. The highest BCUT2D eigenvalue weighted by Crippen LogP contribution is 2.19. The van der Waals surface area contributed by atoms with Crippen LogP contribution in [0.3, 0.4) is 0 Å².